The van der Waals surface area contributed by atoms with Crippen molar-refractivity contribution < 1.29 is 13.5 Å². The first-order valence-electron chi connectivity index (χ1n) is 5.43. The molecule has 7 heteroatoms. The SMILES string of the molecule is Fc1nc(F)c2ncn(C3CCCCO3)c2n1. The van der Waals surface area contributed by atoms with E-state index in [1.807, 2.05) is 0 Å². The number of ether oxygens (including phenoxy) is 1. The van der Waals surface area contributed by atoms with Gasteiger partial charge in [0.2, 0.25) is 5.95 Å². The fraction of sp³-hybridized carbons (Fsp3) is 0.500. The van der Waals surface area contributed by atoms with Gasteiger partial charge in [-0.25, -0.2) is 4.98 Å². The van der Waals surface area contributed by atoms with Gasteiger partial charge < -0.3 is 4.74 Å². The lowest BCUT2D eigenvalue weighted by molar-refractivity contribution is -0.0298. The van der Waals surface area contributed by atoms with E-state index in [9.17, 15) is 8.78 Å². The summed E-state index contributed by atoms with van der Waals surface area (Å²) in [6.07, 6.45) is 2.88. The molecule has 5 nitrogen and oxygen atoms in total. The van der Waals surface area contributed by atoms with E-state index in [0.29, 0.717) is 6.61 Å². The number of nitrogens with zero attached hydrogens (tertiary/aromatic N) is 4. The molecular weight excluding hydrogens is 230 g/mol. The van der Waals surface area contributed by atoms with Crippen LogP contribution < -0.4 is 0 Å². The van der Waals surface area contributed by atoms with Crippen LogP contribution in [-0.4, -0.2) is 26.1 Å². The first kappa shape index (κ1) is 10.5. The predicted molar refractivity (Wildman–Crippen MR) is 54.1 cm³/mol. The molecule has 0 N–H and O–H groups in total. The summed E-state index contributed by atoms with van der Waals surface area (Å²) in [4.78, 5) is 10.4. The highest BCUT2D eigenvalue weighted by Crippen LogP contribution is 2.25. The van der Waals surface area contributed by atoms with Crippen LogP contribution in [0.1, 0.15) is 25.5 Å². The summed E-state index contributed by atoms with van der Waals surface area (Å²) >= 11 is 0. The summed E-state index contributed by atoms with van der Waals surface area (Å²) in [5, 5.41) is 0. The van der Waals surface area contributed by atoms with Crippen molar-refractivity contribution in [1.82, 2.24) is 19.5 Å². The minimum atomic E-state index is -1.09. The molecule has 0 bridgehead atoms. The second kappa shape index (κ2) is 3.99. The van der Waals surface area contributed by atoms with Crippen LogP contribution in [0, 0.1) is 12.0 Å². The third kappa shape index (κ3) is 1.76. The monoisotopic (exact) mass is 240 g/mol. The lowest BCUT2D eigenvalue weighted by atomic mass is 10.2. The molecular formula is C10H10F2N4O. The smallest absolute Gasteiger partial charge is 0.313 e. The Bertz CT molecular complexity index is 550. The second-order valence-electron chi connectivity index (χ2n) is 3.93. The molecule has 1 aliphatic rings. The Morgan fingerprint density at radius 1 is 1.29 bits per heavy atom. The topological polar surface area (TPSA) is 52.8 Å². The average Bonchev–Trinajstić information content (AvgIpc) is 2.74. The minimum Gasteiger partial charge on any atom is -0.358 e. The Labute approximate surface area is 95.5 Å². The molecule has 90 valence electrons. The molecule has 1 atom stereocenters. The van der Waals surface area contributed by atoms with E-state index in [-0.39, 0.29) is 17.4 Å². The molecule has 17 heavy (non-hydrogen) atoms. The highest BCUT2D eigenvalue weighted by molar-refractivity contribution is 5.69. The van der Waals surface area contributed by atoms with Crippen molar-refractivity contribution >= 4 is 11.2 Å². The summed E-state index contributed by atoms with van der Waals surface area (Å²) in [5.41, 5.74) is 0.113. The summed E-state index contributed by atoms with van der Waals surface area (Å²) in [7, 11) is 0. The van der Waals surface area contributed by atoms with E-state index in [1.165, 1.54) is 6.33 Å². The Kier molecular flexibility index (Phi) is 2.47. The first-order chi connectivity index (χ1) is 8.25. The lowest BCUT2D eigenvalue weighted by Crippen LogP contribution is -2.18. The van der Waals surface area contributed by atoms with E-state index in [0.717, 1.165) is 19.3 Å². The fourth-order valence-electron chi connectivity index (χ4n) is 2.01. The standard InChI is InChI=1S/C10H10F2N4O/c11-8-7-9(15-10(12)14-8)16(5-13-7)6-3-1-2-4-17-6/h5-6H,1-4H2. The molecule has 1 aliphatic heterocycles. The maximum atomic E-state index is 13.3. The minimum absolute atomic E-state index is 0.0272. The third-order valence-electron chi connectivity index (χ3n) is 2.82. The number of aromatic nitrogens is 4. The third-order valence-corrected chi connectivity index (χ3v) is 2.82. The van der Waals surface area contributed by atoms with Gasteiger partial charge in [-0.15, -0.1) is 0 Å². The van der Waals surface area contributed by atoms with Gasteiger partial charge in [-0.3, -0.25) is 4.57 Å². The van der Waals surface area contributed by atoms with Crippen molar-refractivity contribution in [1.29, 1.82) is 0 Å². The van der Waals surface area contributed by atoms with Crippen molar-refractivity contribution in [2.24, 2.45) is 0 Å². The van der Waals surface area contributed by atoms with Crippen molar-refractivity contribution in [3.05, 3.63) is 18.4 Å². The van der Waals surface area contributed by atoms with Crippen molar-refractivity contribution in [3.8, 4) is 0 Å². The quantitative estimate of drug-likeness (QED) is 0.563. The van der Waals surface area contributed by atoms with Crippen molar-refractivity contribution in [2.45, 2.75) is 25.5 Å². The number of rotatable bonds is 1. The fourth-order valence-corrected chi connectivity index (χ4v) is 2.01. The molecule has 0 aliphatic carbocycles. The molecule has 0 radical (unpaired) electrons. The zero-order valence-corrected chi connectivity index (χ0v) is 8.94. The molecule has 0 amide bonds. The van der Waals surface area contributed by atoms with Crippen LogP contribution >= 0.6 is 0 Å². The largest absolute Gasteiger partial charge is 0.358 e. The van der Waals surface area contributed by atoms with Crippen LogP contribution in [0.3, 0.4) is 0 Å². The van der Waals surface area contributed by atoms with Gasteiger partial charge in [0, 0.05) is 6.61 Å². The number of halogens is 2. The molecule has 1 saturated heterocycles. The molecule has 2 aromatic rings. The highest BCUT2D eigenvalue weighted by Gasteiger charge is 2.21. The van der Waals surface area contributed by atoms with Gasteiger partial charge in [0.1, 0.15) is 6.23 Å². The van der Waals surface area contributed by atoms with Crippen LogP contribution in [0.2, 0.25) is 0 Å². The normalized spacial score (nSPS) is 20.9. The summed E-state index contributed by atoms with van der Waals surface area (Å²) in [6, 6.07) is 0. The maximum absolute atomic E-state index is 13.3. The molecule has 0 aromatic carbocycles. The van der Waals surface area contributed by atoms with E-state index in [2.05, 4.69) is 15.0 Å². The number of fused-ring (bicyclic) bond motifs is 1. The number of hydrogen-bond donors (Lipinski definition) is 0. The average molecular weight is 240 g/mol. The summed E-state index contributed by atoms with van der Waals surface area (Å²) in [5.74, 6) is -0.943. The second-order valence-corrected chi connectivity index (χ2v) is 3.93. The van der Waals surface area contributed by atoms with Gasteiger partial charge in [-0.05, 0) is 19.3 Å². The molecule has 3 heterocycles. The van der Waals surface area contributed by atoms with Gasteiger partial charge in [0.25, 0.3) is 0 Å². The van der Waals surface area contributed by atoms with E-state index < -0.39 is 12.0 Å². The summed E-state index contributed by atoms with van der Waals surface area (Å²) < 4.78 is 33.4. The molecule has 3 rings (SSSR count). The van der Waals surface area contributed by atoms with Crippen LogP contribution in [0.5, 0.6) is 0 Å². The van der Waals surface area contributed by atoms with Crippen LogP contribution in [0.15, 0.2) is 6.33 Å². The van der Waals surface area contributed by atoms with Crippen LogP contribution in [0.4, 0.5) is 8.78 Å². The number of hydrogen-bond acceptors (Lipinski definition) is 4. The predicted octanol–water partition coefficient (Wildman–Crippen LogP) is 1.80. The number of imidazole rings is 1. The van der Waals surface area contributed by atoms with Crippen molar-refractivity contribution in [3.63, 3.8) is 0 Å². The zero-order valence-electron chi connectivity index (χ0n) is 8.94. The van der Waals surface area contributed by atoms with E-state index in [4.69, 9.17) is 4.74 Å². The van der Waals surface area contributed by atoms with Crippen LogP contribution in [-0.2, 0) is 4.74 Å². The molecule has 1 fully saturated rings. The van der Waals surface area contributed by atoms with E-state index >= 15 is 0 Å². The van der Waals surface area contributed by atoms with Gasteiger partial charge in [0.15, 0.2) is 11.2 Å². The van der Waals surface area contributed by atoms with E-state index in [1.54, 1.807) is 4.57 Å². The van der Waals surface area contributed by atoms with Gasteiger partial charge >= 0.3 is 6.08 Å². The molecule has 0 spiro atoms. The summed E-state index contributed by atoms with van der Waals surface area (Å²) in [6.45, 7) is 0.639. The maximum Gasteiger partial charge on any atom is 0.313 e. The van der Waals surface area contributed by atoms with Crippen molar-refractivity contribution in [2.75, 3.05) is 6.61 Å². The van der Waals surface area contributed by atoms with Crippen LogP contribution in [0.25, 0.3) is 11.2 Å². The molecule has 0 saturated carbocycles. The lowest BCUT2D eigenvalue weighted by Gasteiger charge is -2.23. The van der Waals surface area contributed by atoms with Gasteiger partial charge in [0.05, 0.1) is 6.33 Å². The van der Waals surface area contributed by atoms with Gasteiger partial charge in [-0.2, -0.15) is 18.7 Å². The molecule has 2 aromatic heterocycles. The molecule has 1 unspecified atom stereocenters. The Morgan fingerprint density at radius 2 is 2.18 bits per heavy atom. The first-order valence-corrected chi connectivity index (χ1v) is 5.43. The Balaban J connectivity index is 2.10. The highest BCUT2D eigenvalue weighted by atomic mass is 19.1. The van der Waals surface area contributed by atoms with Gasteiger partial charge in [-0.1, -0.05) is 0 Å². The Hall–Kier alpha value is -1.63. The zero-order chi connectivity index (χ0) is 11.8. The Morgan fingerprint density at radius 3 is 2.94 bits per heavy atom.